The molecule has 1 nitrogen and oxygen atoms in total. The Kier molecular flexibility index (Phi) is 4.30. The molecule has 2 aliphatic rings. The number of hydrogen-bond acceptors (Lipinski definition) is 3. The van der Waals surface area contributed by atoms with E-state index in [0.29, 0.717) is 0 Å². The summed E-state index contributed by atoms with van der Waals surface area (Å²) < 4.78 is 2.92. The molecule has 0 atom stereocenters. The van der Waals surface area contributed by atoms with Crippen LogP contribution in [0, 0.1) is 0 Å². The van der Waals surface area contributed by atoms with Crippen LogP contribution < -0.4 is 4.72 Å². The quantitative estimate of drug-likeness (QED) is 0.444. The van der Waals surface area contributed by atoms with E-state index in [0.717, 1.165) is 6.42 Å². The van der Waals surface area contributed by atoms with Crippen LogP contribution in [0.3, 0.4) is 0 Å². The monoisotopic (exact) mass is 171 g/mol. The van der Waals surface area contributed by atoms with Crippen LogP contribution in [0.4, 0.5) is 0 Å². The summed E-state index contributed by atoms with van der Waals surface area (Å²) in [6, 6.07) is 0. The van der Waals surface area contributed by atoms with Crippen molar-refractivity contribution in [2.24, 2.45) is 0 Å². The largest absolute Gasteiger partial charge is 0.327 e. The topological polar surface area (TPSA) is 12.0 Å². The lowest BCUT2D eigenvalue weighted by Gasteiger charge is -1.75. The van der Waals surface area contributed by atoms with E-state index in [2.05, 4.69) is 29.0 Å². The summed E-state index contributed by atoms with van der Waals surface area (Å²) in [6.07, 6.45) is 11.4. The van der Waals surface area contributed by atoms with Crippen molar-refractivity contribution in [3.8, 4) is 0 Å². The van der Waals surface area contributed by atoms with Gasteiger partial charge in [0.05, 0.1) is 0 Å². The van der Waals surface area contributed by atoms with E-state index in [-0.39, 0.29) is 0 Å². The molecule has 0 saturated carbocycles. The third-order valence-corrected chi connectivity index (χ3v) is 2.43. The highest BCUT2D eigenvalue weighted by molar-refractivity contribution is 8.77. The third kappa shape index (κ3) is 3.69. The van der Waals surface area contributed by atoms with Gasteiger partial charge in [-0.2, -0.15) is 0 Å². The van der Waals surface area contributed by atoms with Gasteiger partial charge in [0.15, 0.2) is 0 Å². The van der Waals surface area contributed by atoms with Gasteiger partial charge in [-0.25, -0.2) is 0 Å². The summed E-state index contributed by atoms with van der Waals surface area (Å²) in [5, 5.41) is 2.00. The minimum atomic E-state index is 1.14. The zero-order valence-corrected chi connectivity index (χ0v) is 7.12. The van der Waals surface area contributed by atoms with Gasteiger partial charge in [0, 0.05) is 22.6 Å². The van der Waals surface area contributed by atoms with Crippen molar-refractivity contribution in [2.75, 3.05) is 0 Å². The van der Waals surface area contributed by atoms with E-state index in [4.69, 9.17) is 0 Å². The Morgan fingerprint density at radius 1 is 1.20 bits per heavy atom. The SMILES string of the molecule is C1=CCC=C1.C1=CSSN1. The molecule has 0 aromatic rings. The van der Waals surface area contributed by atoms with Crippen molar-refractivity contribution in [1.29, 1.82) is 0 Å². The molecular weight excluding hydrogens is 162 g/mol. The van der Waals surface area contributed by atoms with Crippen LogP contribution in [-0.2, 0) is 0 Å². The smallest absolute Gasteiger partial charge is 0.0229 e. The first kappa shape index (κ1) is 7.82. The zero-order valence-electron chi connectivity index (χ0n) is 5.49. The van der Waals surface area contributed by atoms with E-state index < -0.39 is 0 Å². The van der Waals surface area contributed by atoms with Crippen molar-refractivity contribution < 1.29 is 0 Å². The molecule has 1 aliphatic heterocycles. The summed E-state index contributed by atoms with van der Waals surface area (Å²) in [6.45, 7) is 0. The molecule has 0 bridgehead atoms. The van der Waals surface area contributed by atoms with Gasteiger partial charge in [0.25, 0.3) is 0 Å². The number of hydrogen-bond donors (Lipinski definition) is 1. The first-order valence-corrected chi connectivity index (χ1v) is 5.26. The lowest BCUT2D eigenvalue weighted by molar-refractivity contribution is 1.45. The van der Waals surface area contributed by atoms with Crippen LogP contribution in [0.5, 0.6) is 0 Å². The fourth-order valence-corrected chi connectivity index (χ4v) is 1.64. The van der Waals surface area contributed by atoms with Crippen LogP contribution >= 0.6 is 21.8 Å². The zero-order chi connectivity index (χ0) is 7.07. The van der Waals surface area contributed by atoms with E-state index in [1.807, 2.05) is 11.6 Å². The van der Waals surface area contributed by atoms with E-state index in [1.165, 1.54) is 0 Å². The van der Waals surface area contributed by atoms with Crippen molar-refractivity contribution in [2.45, 2.75) is 6.42 Å². The molecule has 0 aromatic carbocycles. The second kappa shape index (κ2) is 5.50. The summed E-state index contributed by atoms with van der Waals surface area (Å²) in [5.74, 6) is 0. The first-order valence-electron chi connectivity index (χ1n) is 3.04. The number of rotatable bonds is 0. The summed E-state index contributed by atoms with van der Waals surface area (Å²) in [5.41, 5.74) is 0. The molecule has 1 aliphatic carbocycles. The Morgan fingerprint density at radius 3 is 2.20 bits per heavy atom. The van der Waals surface area contributed by atoms with Crippen molar-refractivity contribution in [1.82, 2.24) is 4.72 Å². The predicted octanol–water partition coefficient (Wildman–Crippen LogP) is 2.86. The van der Waals surface area contributed by atoms with Crippen LogP contribution in [0.25, 0.3) is 0 Å². The molecule has 1 heterocycles. The van der Waals surface area contributed by atoms with Gasteiger partial charge in [-0.15, -0.1) is 0 Å². The van der Waals surface area contributed by atoms with Gasteiger partial charge in [0.1, 0.15) is 0 Å². The Labute approximate surface area is 69.2 Å². The molecule has 0 saturated heterocycles. The summed E-state index contributed by atoms with van der Waals surface area (Å²) >= 11 is 0. The Morgan fingerprint density at radius 2 is 2.00 bits per heavy atom. The van der Waals surface area contributed by atoms with Crippen molar-refractivity contribution in [3.05, 3.63) is 35.9 Å². The van der Waals surface area contributed by atoms with E-state index in [1.54, 1.807) is 21.8 Å². The van der Waals surface area contributed by atoms with Gasteiger partial charge in [0.2, 0.25) is 0 Å². The standard InChI is InChI=1S/C5H6.C2H3NS2/c2*1-2-4-5-3-1/h1-4H,5H2;1-3H. The Hall–Kier alpha value is -0.280. The highest BCUT2D eigenvalue weighted by atomic mass is 33.1. The Balaban J connectivity index is 0.0000001000. The summed E-state index contributed by atoms with van der Waals surface area (Å²) in [7, 11) is 3.33. The van der Waals surface area contributed by atoms with Crippen LogP contribution in [0.2, 0.25) is 0 Å². The minimum Gasteiger partial charge on any atom is -0.327 e. The lowest BCUT2D eigenvalue weighted by Crippen LogP contribution is -1.76. The maximum atomic E-state index is 2.92. The van der Waals surface area contributed by atoms with E-state index in [9.17, 15) is 0 Å². The number of nitrogens with one attached hydrogen (secondary N) is 1. The van der Waals surface area contributed by atoms with E-state index >= 15 is 0 Å². The van der Waals surface area contributed by atoms with Gasteiger partial charge in [-0.3, -0.25) is 0 Å². The second-order valence-electron chi connectivity index (χ2n) is 1.69. The lowest BCUT2D eigenvalue weighted by atomic mass is 10.5. The highest BCUT2D eigenvalue weighted by Crippen LogP contribution is 2.22. The summed E-state index contributed by atoms with van der Waals surface area (Å²) in [4.78, 5) is 0. The Bertz CT molecular complexity index is 145. The van der Waals surface area contributed by atoms with Crippen LogP contribution in [0.15, 0.2) is 35.9 Å². The molecular formula is C7H9NS2. The molecule has 0 aromatic heterocycles. The van der Waals surface area contributed by atoms with Crippen molar-refractivity contribution >= 4 is 21.8 Å². The normalized spacial score (nSPS) is 18.4. The fourth-order valence-electron chi connectivity index (χ4n) is 0.532. The molecule has 3 heteroatoms. The highest BCUT2D eigenvalue weighted by Gasteiger charge is 1.83. The minimum absolute atomic E-state index is 1.14. The molecule has 54 valence electrons. The van der Waals surface area contributed by atoms with Crippen LogP contribution in [0.1, 0.15) is 6.42 Å². The second-order valence-corrected chi connectivity index (χ2v) is 3.64. The fraction of sp³-hybridized carbons (Fsp3) is 0.143. The van der Waals surface area contributed by atoms with Gasteiger partial charge < -0.3 is 4.72 Å². The molecule has 0 radical (unpaired) electrons. The number of allylic oxidation sites excluding steroid dienone is 4. The average molecular weight is 171 g/mol. The molecule has 0 unspecified atom stereocenters. The maximum absolute atomic E-state index is 2.92. The van der Waals surface area contributed by atoms with Gasteiger partial charge in [-0.05, 0) is 17.2 Å². The average Bonchev–Trinajstić information content (AvgIpc) is 2.67. The first-order chi connectivity index (χ1) is 5.00. The van der Waals surface area contributed by atoms with Crippen molar-refractivity contribution in [3.63, 3.8) is 0 Å². The molecule has 0 amide bonds. The predicted molar refractivity (Wildman–Crippen MR) is 50.4 cm³/mol. The molecule has 2 rings (SSSR count). The third-order valence-electron chi connectivity index (χ3n) is 0.943. The molecule has 0 fully saturated rings. The molecule has 1 N–H and O–H groups in total. The molecule has 0 spiro atoms. The molecule has 10 heavy (non-hydrogen) atoms. The van der Waals surface area contributed by atoms with Gasteiger partial charge >= 0.3 is 0 Å². The maximum Gasteiger partial charge on any atom is 0.0229 e. The van der Waals surface area contributed by atoms with Gasteiger partial charge in [-0.1, -0.05) is 24.3 Å². The van der Waals surface area contributed by atoms with Crippen LogP contribution in [-0.4, -0.2) is 0 Å².